The van der Waals surface area contributed by atoms with E-state index in [0.29, 0.717) is 5.25 Å². The second-order valence-corrected chi connectivity index (χ2v) is 5.00. The van der Waals surface area contributed by atoms with Crippen LogP contribution in [-0.2, 0) is 6.54 Å². The molecular formula is C11H17N3S. The third kappa shape index (κ3) is 2.92. The summed E-state index contributed by atoms with van der Waals surface area (Å²) >= 11 is 1.98. The minimum atomic E-state index is 0.534. The summed E-state index contributed by atoms with van der Waals surface area (Å²) in [5, 5.41) is 3.82. The molecule has 1 aromatic heterocycles. The molecule has 1 fully saturated rings. The lowest BCUT2D eigenvalue weighted by molar-refractivity contribution is 0.692. The number of hydrogen-bond donors (Lipinski definition) is 1. The summed E-state index contributed by atoms with van der Waals surface area (Å²) in [7, 11) is 0. The monoisotopic (exact) mass is 223 g/mol. The van der Waals surface area contributed by atoms with Gasteiger partial charge in [-0.05, 0) is 31.2 Å². The summed E-state index contributed by atoms with van der Waals surface area (Å²) in [6.07, 6.45) is 4.42. The van der Waals surface area contributed by atoms with E-state index in [0.717, 1.165) is 24.6 Å². The van der Waals surface area contributed by atoms with Gasteiger partial charge in [-0.15, -0.1) is 0 Å². The van der Waals surface area contributed by atoms with Gasteiger partial charge in [-0.1, -0.05) is 6.92 Å². The van der Waals surface area contributed by atoms with E-state index >= 15 is 0 Å². The summed E-state index contributed by atoms with van der Waals surface area (Å²) in [6, 6.07) is 1.99. The van der Waals surface area contributed by atoms with E-state index in [4.69, 9.17) is 0 Å². The molecule has 2 rings (SSSR count). The molecule has 0 spiro atoms. The molecule has 3 nitrogen and oxygen atoms in total. The molecule has 1 aliphatic heterocycles. The predicted octanol–water partition coefficient (Wildman–Crippen LogP) is 2.15. The Morgan fingerprint density at radius 1 is 1.60 bits per heavy atom. The van der Waals surface area contributed by atoms with Crippen molar-refractivity contribution >= 4 is 11.8 Å². The molecule has 0 aromatic carbocycles. The maximum Gasteiger partial charge on any atom is 0.141 e. The molecule has 15 heavy (non-hydrogen) atoms. The van der Waals surface area contributed by atoms with Gasteiger partial charge in [0.05, 0.1) is 10.9 Å². The van der Waals surface area contributed by atoms with Crippen LogP contribution >= 0.6 is 11.8 Å². The van der Waals surface area contributed by atoms with E-state index in [1.54, 1.807) is 0 Å². The van der Waals surface area contributed by atoms with Gasteiger partial charge >= 0.3 is 0 Å². The summed E-state index contributed by atoms with van der Waals surface area (Å²) in [5.74, 6) is 2.28. The first-order valence-electron chi connectivity index (χ1n) is 5.54. The first-order valence-corrected chi connectivity index (χ1v) is 6.59. The van der Waals surface area contributed by atoms with Crippen molar-refractivity contribution in [3.8, 4) is 0 Å². The SMILES string of the molecule is CCNCc1ccnc(C2CCCS2)n1. The zero-order chi connectivity index (χ0) is 10.5. The Hall–Kier alpha value is -0.610. The Balaban J connectivity index is 2.04. The van der Waals surface area contributed by atoms with Gasteiger partial charge in [0.2, 0.25) is 0 Å². The Morgan fingerprint density at radius 3 is 3.27 bits per heavy atom. The zero-order valence-electron chi connectivity index (χ0n) is 9.07. The molecule has 1 atom stereocenters. The van der Waals surface area contributed by atoms with Crippen LogP contribution < -0.4 is 5.32 Å². The second kappa shape index (κ2) is 5.47. The third-order valence-corrected chi connectivity index (χ3v) is 3.88. The fourth-order valence-corrected chi connectivity index (χ4v) is 2.91. The predicted molar refractivity (Wildman–Crippen MR) is 63.8 cm³/mol. The average molecular weight is 223 g/mol. The van der Waals surface area contributed by atoms with Gasteiger partial charge in [0.15, 0.2) is 0 Å². The van der Waals surface area contributed by atoms with Crippen LogP contribution in [0.1, 0.15) is 36.5 Å². The number of thioether (sulfide) groups is 1. The smallest absolute Gasteiger partial charge is 0.141 e. The largest absolute Gasteiger partial charge is 0.311 e. The summed E-state index contributed by atoms with van der Waals surface area (Å²) in [4.78, 5) is 8.97. The quantitative estimate of drug-likeness (QED) is 0.849. The van der Waals surface area contributed by atoms with E-state index < -0.39 is 0 Å². The normalized spacial score (nSPS) is 20.7. The summed E-state index contributed by atoms with van der Waals surface area (Å²) < 4.78 is 0. The Labute approximate surface area is 95.1 Å². The molecule has 1 saturated heterocycles. The number of nitrogens with one attached hydrogen (secondary N) is 1. The van der Waals surface area contributed by atoms with Crippen LogP contribution in [0.4, 0.5) is 0 Å². The molecule has 1 aliphatic rings. The van der Waals surface area contributed by atoms with E-state index in [9.17, 15) is 0 Å². The lowest BCUT2D eigenvalue weighted by atomic mass is 10.2. The maximum atomic E-state index is 4.60. The van der Waals surface area contributed by atoms with Crippen molar-refractivity contribution in [1.29, 1.82) is 0 Å². The maximum absolute atomic E-state index is 4.60. The van der Waals surface area contributed by atoms with Gasteiger partial charge in [0.25, 0.3) is 0 Å². The minimum absolute atomic E-state index is 0.534. The highest BCUT2D eigenvalue weighted by atomic mass is 32.2. The van der Waals surface area contributed by atoms with Gasteiger partial charge in [0.1, 0.15) is 5.82 Å². The van der Waals surface area contributed by atoms with Crippen LogP contribution in [0.15, 0.2) is 12.3 Å². The van der Waals surface area contributed by atoms with Crippen LogP contribution in [0.2, 0.25) is 0 Å². The first-order chi connectivity index (χ1) is 7.40. The standard InChI is InChI=1S/C11H17N3S/c1-2-12-8-9-5-6-13-11(14-9)10-4-3-7-15-10/h5-6,10,12H,2-4,7-8H2,1H3. The molecule has 4 heteroatoms. The first kappa shape index (κ1) is 10.9. The van der Waals surface area contributed by atoms with Crippen molar-refractivity contribution in [3.63, 3.8) is 0 Å². The molecular weight excluding hydrogens is 206 g/mol. The Kier molecular flexibility index (Phi) is 3.97. The van der Waals surface area contributed by atoms with Crippen LogP contribution in [0, 0.1) is 0 Å². The highest BCUT2D eigenvalue weighted by Gasteiger charge is 2.20. The molecule has 82 valence electrons. The van der Waals surface area contributed by atoms with Crippen molar-refractivity contribution in [2.45, 2.75) is 31.6 Å². The van der Waals surface area contributed by atoms with Gasteiger partial charge in [0, 0.05) is 12.7 Å². The molecule has 0 saturated carbocycles. The highest BCUT2D eigenvalue weighted by Crippen LogP contribution is 2.37. The van der Waals surface area contributed by atoms with Gasteiger partial charge in [-0.25, -0.2) is 9.97 Å². The number of rotatable bonds is 4. The van der Waals surface area contributed by atoms with E-state index in [1.165, 1.54) is 18.6 Å². The number of aromatic nitrogens is 2. The number of hydrogen-bond acceptors (Lipinski definition) is 4. The Bertz CT molecular complexity index is 310. The van der Waals surface area contributed by atoms with Crippen LogP contribution in [0.25, 0.3) is 0 Å². The second-order valence-electron chi connectivity index (χ2n) is 3.69. The third-order valence-electron chi connectivity index (χ3n) is 2.51. The van der Waals surface area contributed by atoms with Gasteiger partial charge < -0.3 is 5.32 Å². The summed E-state index contributed by atoms with van der Waals surface area (Å²) in [6.45, 7) is 3.94. The van der Waals surface area contributed by atoms with Gasteiger partial charge in [-0.2, -0.15) is 11.8 Å². The van der Waals surface area contributed by atoms with Crippen molar-refractivity contribution < 1.29 is 0 Å². The topological polar surface area (TPSA) is 37.8 Å². The fraction of sp³-hybridized carbons (Fsp3) is 0.636. The molecule has 0 bridgehead atoms. The lowest BCUT2D eigenvalue weighted by Gasteiger charge is -2.08. The van der Waals surface area contributed by atoms with E-state index in [-0.39, 0.29) is 0 Å². The van der Waals surface area contributed by atoms with Crippen molar-refractivity contribution in [3.05, 3.63) is 23.8 Å². The van der Waals surface area contributed by atoms with E-state index in [1.807, 2.05) is 24.0 Å². The van der Waals surface area contributed by atoms with Gasteiger partial charge in [-0.3, -0.25) is 0 Å². The Morgan fingerprint density at radius 2 is 2.53 bits per heavy atom. The molecule has 1 aromatic rings. The molecule has 1 unspecified atom stereocenters. The van der Waals surface area contributed by atoms with Crippen LogP contribution in [0.5, 0.6) is 0 Å². The summed E-state index contributed by atoms with van der Waals surface area (Å²) in [5.41, 5.74) is 1.11. The molecule has 0 aliphatic carbocycles. The highest BCUT2D eigenvalue weighted by molar-refractivity contribution is 7.99. The number of nitrogens with zero attached hydrogens (tertiary/aromatic N) is 2. The molecule has 0 amide bonds. The van der Waals surface area contributed by atoms with E-state index in [2.05, 4.69) is 22.2 Å². The average Bonchev–Trinajstić information content (AvgIpc) is 2.80. The van der Waals surface area contributed by atoms with Crippen molar-refractivity contribution in [1.82, 2.24) is 15.3 Å². The van der Waals surface area contributed by atoms with Crippen LogP contribution in [-0.4, -0.2) is 22.3 Å². The van der Waals surface area contributed by atoms with Crippen molar-refractivity contribution in [2.24, 2.45) is 0 Å². The minimum Gasteiger partial charge on any atom is -0.311 e. The van der Waals surface area contributed by atoms with Crippen molar-refractivity contribution in [2.75, 3.05) is 12.3 Å². The molecule has 1 N–H and O–H groups in total. The van der Waals surface area contributed by atoms with Crippen LogP contribution in [0.3, 0.4) is 0 Å². The lowest BCUT2D eigenvalue weighted by Crippen LogP contribution is -2.14. The molecule has 2 heterocycles. The molecule has 0 radical (unpaired) electrons. The fourth-order valence-electron chi connectivity index (χ4n) is 1.70. The zero-order valence-corrected chi connectivity index (χ0v) is 9.89.